The van der Waals surface area contributed by atoms with Crippen LogP contribution in [-0.2, 0) is 0 Å². The molecule has 0 spiro atoms. The van der Waals surface area contributed by atoms with Gasteiger partial charge in [-0.2, -0.15) is 0 Å². The Hall–Kier alpha value is -2.23. The molecule has 0 aromatic heterocycles. The van der Waals surface area contributed by atoms with E-state index in [1.54, 1.807) is 24.0 Å². The topological polar surface area (TPSA) is 41.6 Å². The fourth-order valence-corrected chi connectivity index (χ4v) is 1.98. The van der Waals surface area contributed by atoms with Crippen LogP contribution in [0.15, 0.2) is 49.6 Å². The van der Waals surface area contributed by atoms with Gasteiger partial charge in [-0.25, -0.2) is 4.79 Å². The molecule has 0 radical (unpaired) electrons. The summed E-state index contributed by atoms with van der Waals surface area (Å²) in [4.78, 5) is 13.7. The summed E-state index contributed by atoms with van der Waals surface area (Å²) in [6.07, 6.45) is 2.94. The fourth-order valence-electron chi connectivity index (χ4n) is 1.98. The largest absolute Gasteiger partial charge is 0.471 e. The minimum Gasteiger partial charge on any atom is -0.471 e. The van der Waals surface area contributed by atoms with E-state index in [1.807, 2.05) is 24.3 Å². The van der Waals surface area contributed by atoms with E-state index in [0.29, 0.717) is 19.0 Å². The summed E-state index contributed by atoms with van der Waals surface area (Å²) in [6.45, 7) is 14.3. The summed E-state index contributed by atoms with van der Waals surface area (Å²) in [7, 11) is 0. The zero-order valence-corrected chi connectivity index (χ0v) is 13.7. The molecule has 2 amide bonds. The first-order chi connectivity index (χ1) is 10.5. The number of hydrogen-bond donors (Lipinski definition) is 1. The number of rotatable bonds is 8. The summed E-state index contributed by atoms with van der Waals surface area (Å²) in [5.41, 5.74) is 1.26. The van der Waals surface area contributed by atoms with Gasteiger partial charge in [-0.1, -0.05) is 38.1 Å². The molecule has 120 valence electrons. The van der Waals surface area contributed by atoms with E-state index in [4.69, 9.17) is 4.74 Å². The Morgan fingerprint density at radius 3 is 2.18 bits per heavy atom. The van der Waals surface area contributed by atoms with Crippen molar-refractivity contribution in [2.45, 2.75) is 32.9 Å². The maximum atomic E-state index is 12.1. The predicted molar refractivity (Wildman–Crippen MR) is 91.1 cm³/mol. The maximum absolute atomic E-state index is 12.1. The lowest BCUT2D eigenvalue weighted by Gasteiger charge is -2.23. The van der Waals surface area contributed by atoms with Crippen LogP contribution in [0.1, 0.15) is 32.3 Å². The van der Waals surface area contributed by atoms with Crippen molar-refractivity contribution < 1.29 is 9.53 Å². The number of nitrogens with zero attached hydrogens (tertiary/aromatic N) is 1. The summed E-state index contributed by atoms with van der Waals surface area (Å²) in [5.74, 6) is 1.22. The van der Waals surface area contributed by atoms with Crippen molar-refractivity contribution in [3.63, 3.8) is 0 Å². The van der Waals surface area contributed by atoms with E-state index < -0.39 is 6.23 Å². The third kappa shape index (κ3) is 5.64. The molecule has 1 aromatic rings. The molecule has 0 bridgehead atoms. The van der Waals surface area contributed by atoms with Crippen molar-refractivity contribution in [2.75, 3.05) is 13.1 Å². The molecule has 1 atom stereocenters. The van der Waals surface area contributed by atoms with E-state index in [0.717, 1.165) is 5.75 Å². The molecular formula is C18H26N2O2. The molecule has 1 N–H and O–H groups in total. The number of carbonyl (C=O) groups is 1. The molecule has 0 aliphatic carbocycles. The first-order valence-corrected chi connectivity index (χ1v) is 7.51. The second-order valence-corrected chi connectivity index (χ2v) is 5.42. The average molecular weight is 302 g/mol. The number of nitrogens with one attached hydrogen (secondary N) is 1. The van der Waals surface area contributed by atoms with E-state index in [9.17, 15) is 4.79 Å². The quantitative estimate of drug-likeness (QED) is 0.584. The number of urea groups is 1. The first-order valence-electron chi connectivity index (χ1n) is 7.51. The molecular weight excluding hydrogens is 276 g/mol. The van der Waals surface area contributed by atoms with Crippen LogP contribution in [0, 0.1) is 0 Å². The van der Waals surface area contributed by atoms with Gasteiger partial charge in [0.25, 0.3) is 0 Å². The first kappa shape index (κ1) is 17.8. The summed E-state index contributed by atoms with van der Waals surface area (Å²) >= 11 is 0. The average Bonchev–Trinajstić information content (AvgIpc) is 2.47. The minimum atomic E-state index is -0.422. The van der Waals surface area contributed by atoms with Crippen LogP contribution in [0.5, 0.6) is 5.75 Å². The fraction of sp³-hybridized carbons (Fsp3) is 0.389. The van der Waals surface area contributed by atoms with Gasteiger partial charge in [0.05, 0.1) is 0 Å². The monoisotopic (exact) mass is 302 g/mol. The third-order valence-corrected chi connectivity index (χ3v) is 3.17. The van der Waals surface area contributed by atoms with E-state index in [-0.39, 0.29) is 6.03 Å². The second kappa shape index (κ2) is 8.93. The van der Waals surface area contributed by atoms with Gasteiger partial charge in [0.15, 0.2) is 6.23 Å². The lowest BCUT2D eigenvalue weighted by atomic mass is 10.0. The summed E-state index contributed by atoms with van der Waals surface area (Å²) in [5, 5.41) is 2.80. The standard InChI is InChI=1S/C18H26N2O2/c1-6-12-20(13-7-2)18(21)19-15(5)22-17-10-8-16(9-11-17)14(3)4/h6-11,14-15H,1-2,12-13H2,3-5H3,(H,19,21). The number of hydrogen-bond acceptors (Lipinski definition) is 2. The van der Waals surface area contributed by atoms with Crippen molar-refractivity contribution in [3.8, 4) is 5.75 Å². The van der Waals surface area contributed by atoms with Crippen LogP contribution in [0.2, 0.25) is 0 Å². The van der Waals surface area contributed by atoms with Crippen LogP contribution < -0.4 is 10.1 Å². The van der Waals surface area contributed by atoms with Crippen LogP contribution in [-0.4, -0.2) is 30.2 Å². The Balaban J connectivity index is 2.57. The van der Waals surface area contributed by atoms with Crippen molar-refractivity contribution in [1.82, 2.24) is 10.2 Å². The summed E-state index contributed by atoms with van der Waals surface area (Å²) in [6, 6.07) is 7.71. The number of ether oxygens (including phenoxy) is 1. The van der Waals surface area contributed by atoms with Gasteiger partial charge in [0, 0.05) is 13.1 Å². The lowest BCUT2D eigenvalue weighted by molar-refractivity contribution is 0.158. The van der Waals surface area contributed by atoms with Gasteiger partial charge in [-0.05, 0) is 30.5 Å². The molecule has 0 aliphatic rings. The molecule has 0 aliphatic heterocycles. The number of carbonyl (C=O) groups excluding carboxylic acids is 1. The van der Waals surface area contributed by atoms with Crippen molar-refractivity contribution in [2.24, 2.45) is 0 Å². The minimum absolute atomic E-state index is 0.203. The smallest absolute Gasteiger partial charge is 0.320 e. The normalized spacial score (nSPS) is 11.6. The van der Waals surface area contributed by atoms with Crippen LogP contribution in [0.4, 0.5) is 4.79 Å². The Kier molecular flexibility index (Phi) is 7.23. The molecule has 4 nitrogen and oxygen atoms in total. The Labute approximate surface area is 133 Å². The van der Waals surface area contributed by atoms with Gasteiger partial charge in [-0.3, -0.25) is 0 Å². The Morgan fingerprint density at radius 1 is 1.18 bits per heavy atom. The van der Waals surface area contributed by atoms with Crippen LogP contribution in [0.25, 0.3) is 0 Å². The third-order valence-electron chi connectivity index (χ3n) is 3.17. The van der Waals surface area contributed by atoms with Crippen LogP contribution in [0.3, 0.4) is 0 Å². The zero-order chi connectivity index (χ0) is 16.5. The Morgan fingerprint density at radius 2 is 1.73 bits per heavy atom. The van der Waals surface area contributed by atoms with Crippen LogP contribution >= 0.6 is 0 Å². The van der Waals surface area contributed by atoms with E-state index >= 15 is 0 Å². The van der Waals surface area contributed by atoms with Crippen molar-refractivity contribution in [1.29, 1.82) is 0 Å². The van der Waals surface area contributed by atoms with Crippen molar-refractivity contribution >= 4 is 6.03 Å². The number of amides is 2. The molecule has 1 rings (SSSR count). The highest BCUT2D eigenvalue weighted by Gasteiger charge is 2.14. The molecule has 0 saturated carbocycles. The second-order valence-electron chi connectivity index (χ2n) is 5.42. The Bertz CT molecular complexity index is 484. The molecule has 1 unspecified atom stereocenters. The van der Waals surface area contributed by atoms with E-state index in [2.05, 4.69) is 32.3 Å². The molecule has 0 fully saturated rings. The SMILES string of the molecule is C=CCN(CC=C)C(=O)NC(C)Oc1ccc(C(C)C)cc1. The molecule has 1 aromatic carbocycles. The lowest BCUT2D eigenvalue weighted by Crippen LogP contribution is -2.46. The van der Waals surface area contributed by atoms with E-state index in [1.165, 1.54) is 5.56 Å². The predicted octanol–water partition coefficient (Wildman–Crippen LogP) is 3.92. The van der Waals surface area contributed by atoms with Gasteiger partial charge in [0.2, 0.25) is 0 Å². The molecule has 0 heterocycles. The highest BCUT2D eigenvalue weighted by atomic mass is 16.5. The van der Waals surface area contributed by atoms with Gasteiger partial charge in [0.1, 0.15) is 5.75 Å². The van der Waals surface area contributed by atoms with Gasteiger partial charge in [-0.15, -0.1) is 13.2 Å². The van der Waals surface area contributed by atoms with Gasteiger partial charge < -0.3 is 15.0 Å². The molecule has 0 saturated heterocycles. The highest BCUT2D eigenvalue weighted by Crippen LogP contribution is 2.19. The zero-order valence-electron chi connectivity index (χ0n) is 13.7. The highest BCUT2D eigenvalue weighted by molar-refractivity contribution is 5.74. The molecule has 4 heteroatoms. The molecule has 22 heavy (non-hydrogen) atoms. The van der Waals surface area contributed by atoms with Crippen molar-refractivity contribution in [3.05, 3.63) is 55.1 Å². The van der Waals surface area contributed by atoms with Gasteiger partial charge >= 0.3 is 6.03 Å². The summed E-state index contributed by atoms with van der Waals surface area (Å²) < 4.78 is 5.72. The number of benzene rings is 1. The maximum Gasteiger partial charge on any atom is 0.320 e.